The molecule has 1 aliphatic carbocycles. The Bertz CT molecular complexity index is 518. The highest BCUT2D eigenvalue weighted by molar-refractivity contribution is 7.80. The van der Waals surface area contributed by atoms with Gasteiger partial charge in [0, 0.05) is 26.1 Å². The van der Waals surface area contributed by atoms with Gasteiger partial charge in [-0.2, -0.15) is 0 Å². The molecule has 0 aromatic heterocycles. The van der Waals surface area contributed by atoms with Crippen LogP contribution in [-0.4, -0.2) is 54.0 Å². The Kier molecular flexibility index (Phi) is 7.12. The van der Waals surface area contributed by atoms with Gasteiger partial charge in [0.15, 0.2) is 5.11 Å². The van der Waals surface area contributed by atoms with Crippen LogP contribution in [0.3, 0.4) is 0 Å². The van der Waals surface area contributed by atoms with E-state index in [9.17, 15) is 14.4 Å². The van der Waals surface area contributed by atoms with Gasteiger partial charge in [0.25, 0.3) is 0 Å². The molecule has 1 saturated carbocycles. The number of nitrogens with one attached hydrogen (secondary N) is 3. The van der Waals surface area contributed by atoms with Crippen LogP contribution in [0, 0.1) is 11.8 Å². The minimum absolute atomic E-state index is 0.00471. The van der Waals surface area contributed by atoms with Gasteiger partial charge in [-0.15, -0.1) is 0 Å². The first-order valence-corrected chi connectivity index (χ1v) is 9.04. The molecule has 3 atom stereocenters. The maximum absolute atomic E-state index is 12.3. The molecule has 0 unspecified atom stereocenters. The molecule has 0 spiro atoms. The van der Waals surface area contributed by atoms with Crippen molar-refractivity contribution in [1.82, 2.24) is 21.1 Å². The number of hydrogen-bond donors (Lipinski definition) is 3. The second-order valence-corrected chi connectivity index (χ2v) is 6.99. The van der Waals surface area contributed by atoms with Crippen LogP contribution in [-0.2, 0) is 19.1 Å². The van der Waals surface area contributed by atoms with E-state index < -0.39 is 0 Å². The molecular weight excluding hydrogens is 344 g/mol. The molecule has 0 aromatic carbocycles. The first-order valence-electron chi connectivity index (χ1n) is 8.63. The molecule has 0 radical (unpaired) electrons. The van der Waals surface area contributed by atoms with Crippen molar-refractivity contribution in [3.05, 3.63) is 0 Å². The fraction of sp³-hybridized carbons (Fsp3) is 0.750. The van der Waals surface area contributed by atoms with E-state index in [4.69, 9.17) is 17.0 Å². The summed E-state index contributed by atoms with van der Waals surface area (Å²) in [7, 11) is 1.59. The average molecular weight is 370 g/mol. The Morgan fingerprint density at radius 2 is 1.84 bits per heavy atom. The monoisotopic (exact) mass is 370 g/mol. The fourth-order valence-electron chi connectivity index (χ4n) is 3.41. The van der Waals surface area contributed by atoms with E-state index in [-0.39, 0.29) is 53.7 Å². The Morgan fingerprint density at radius 1 is 1.24 bits per heavy atom. The zero-order valence-electron chi connectivity index (χ0n) is 14.7. The fourth-order valence-corrected chi connectivity index (χ4v) is 3.66. The van der Waals surface area contributed by atoms with E-state index in [2.05, 4.69) is 16.2 Å². The maximum atomic E-state index is 12.3. The summed E-state index contributed by atoms with van der Waals surface area (Å²) in [6, 6.07) is 0.00471. The third kappa shape index (κ3) is 5.12. The highest BCUT2D eigenvalue weighted by atomic mass is 32.1. The SMILES string of the molecule is COC[C@H](C)NC(=S)NNC(=O)CCN1C(=O)[C@H]2CCCC[C@H]2C1=O. The Labute approximate surface area is 153 Å². The van der Waals surface area contributed by atoms with E-state index in [1.165, 1.54) is 4.90 Å². The predicted molar refractivity (Wildman–Crippen MR) is 95.1 cm³/mol. The van der Waals surface area contributed by atoms with Crippen molar-refractivity contribution in [1.29, 1.82) is 0 Å². The van der Waals surface area contributed by atoms with Gasteiger partial charge in [0.2, 0.25) is 17.7 Å². The van der Waals surface area contributed by atoms with Crippen molar-refractivity contribution < 1.29 is 19.1 Å². The summed E-state index contributed by atoms with van der Waals surface area (Å²) in [4.78, 5) is 37.8. The third-order valence-electron chi connectivity index (χ3n) is 4.60. The summed E-state index contributed by atoms with van der Waals surface area (Å²) in [6.45, 7) is 2.49. The van der Waals surface area contributed by atoms with E-state index in [1.54, 1.807) is 7.11 Å². The number of hydrazine groups is 1. The van der Waals surface area contributed by atoms with E-state index >= 15 is 0 Å². The zero-order valence-corrected chi connectivity index (χ0v) is 15.5. The summed E-state index contributed by atoms with van der Waals surface area (Å²) in [5, 5.41) is 3.22. The minimum Gasteiger partial charge on any atom is -0.383 e. The lowest BCUT2D eigenvalue weighted by Crippen LogP contribution is -2.50. The smallest absolute Gasteiger partial charge is 0.240 e. The largest absolute Gasteiger partial charge is 0.383 e. The molecule has 140 valence electrons. The zero-order chi connectivity index (χ0) is 18.4. The van der Waals surface area contributed by atoms with Crippen molar-refractivity contribution in [3.63, 3.8) is 0 Å². The molecule has 0 aromatic rings. The maximum Gasteiger partial charge on any atom is 0.240 e. The molecule has 8 nitrogen and oxygen atoms in total. The van der Waals surface area contributed by atoms with Gasteiger partial charge < -0.3 is 10.1 Å². The lowest BCUT2D eigenvalue weighted by molar-refractivity contribution is -0.140. The number of rotatable bonds is 6. The summed E-state index contributed by atoms with van der Waals surface area (Å²) in [5.74, 6) is -0.941. The van der Waals surface area contributed by atoms with Gasteiger partial charge in [-0.1, -0.05) is 12.8 Å². The van der Waals surface area contributed by atoms with Gasteiger partial charge in [0.05, 0.1) is 18.4 Å². The Balaban J connectivity index is 1.72. The number of methoxy groups -OCH3 is 1. The Hall–Kier alpha value is -1.74. The normalized spacial score (nSPS) is 23.8. The molecule has 25 heavy (non-hydrogen) atoms. The number of likely N-dealkylation sites (tertiary alicyclic amines) is 1. The number of amides is 3. The van der Waals surface area contributed by atoms with Crippen LogP contribution < -0.4 is 16.2 Å². The molecule has 1 saturated heterocycles. The topological polar surface area (TPSA) is 99.8 Å². The van der Waals surface area contributed by atoms with Crippen LogP contribution in [0.5, 0.6) is 0 Å². The lowest BCUT2D eigenvalue weighted by atomic mass is 9.81. The van der Waals surface area contributed by atoms with Crippen molar-refractivity contribution in [3.8, 4) is 0 Å². The second-order valence-electron chi connectivity index (χ2n) is 6.58. The van der Waals surface area contributed by atoms with Gasteiger partial charge in [-0.05, 0) is 32.0 Å². The van der Waals surface area contributed by atoms with Crippen molar-refractivity contribution in [2.45, 2.75) is 45.1 Å². The van der Waals surface area contributed by atoms with Crippen molar-refractivity contribution in [2.75, 3.05) is 20.3 Å². The summed E-state index contributed by atoms with van der Waals surface area (Å²) in [6.07, 6.45) is 3.58. The van der Waals surface area contributed by atoms with Gasteiger partial charge in [0.1, 0.15) is 0 Å². The standard InChI is InChI=1S/C16H26N4O4S/c1-10(9-24-2)17-16(25)19-18-13(21)7-8-20-14(22)11-5-3-4-6-12(11)15(20)23/h10-12H,3-9H2,1-2H3,(H,18,21)(H2,17,19,25)/t10-,11-,12+/m0/s1. The molecule has 3 amide bonds. The lowest BCUT2D eigenvalue weighted by Gasteiger charge is -2.19. The number of ether oxygens (including phenoxy) is 1. The third-order valence-corrected chi connectivity index (χ3v) is 4.82. The predicted octanol–water partition coefficient (Wildman–Crippen LogP) is 0.0819. The molecule has 0 bridgehead atoms. The van der Waals surface area contributed by atoms with Crippen LogP contribution >= 0.6 is 12.2 Å². The molecular formula is C16H26N4O4S. The molecule has 3 N–H and O–H groups in total. The molecule has 2 rings (SSSR count). The van der Waals surface area contributed by atoms with Gasteiger partial charge in [-0.25, -0.2) is 0 Å². The van der Waals surface area contributed by atoms with Crippen LogP contribution in [0.25, 0.3) is 0 Å². The first kappa shape index (κ1) is 19.6. The second kappa shape index (κ2) is 9.10. The summed E-state index contributed by atoms with van der Waals surface area (Å²) in [5.41, 5.74) is 5.06. The number of nitrogens with zero attached hydrogens (tertiary/aromatic N) is 1. The molecule has 2 fully saturated rings. The van der Waals surface area contributed by atoms with E-state index in [1.807, 2.05) is 6.92 Å². The van der Waals surface area contributed by atoms with Crippen LogP contribution in [0.15, 0.2) is 0 Å². The number of fused-ring (bicyclic) bond motifs is 1. The number of thiocarbonyl (C=S) groups is 1. The molecule has 1 aliphatic heterocycles. The molecule has 9 heteroatoms. The first-order chi connectivity index (χ1) is 11.9. The number of carbonyl (C=O) groups excluding carboxylic acids is 3. The van der Waals surface area contributed by atoms with Crippen LogP contribution in [0.2, 0.25) is 0 Å². The number of carbonyl (C=O) groups is 3. The highest BCUT2D eigenvalue weighted by Crippen LogP contribution is 2.37. The van der Waals surface area contributed by atoms with Crippen LogP contribution in [0.1, 0.15) is 39.0 Å². The Morgan fingerprint density at radius 3 is 2.40 bits per heavy atom. The average Bonchev–Trinajstić information content (AvgIpc) is 2.83. The van der Waals surface area contributed by atoms with Crippen LogP contribution in [0.4, 0.5) is 0 Å². The minimum atomic E-state index is -0.334. The van der Waals surface area contributed by atoms with Gasteiger partial charge >= 0.3 is 0 Å². The van der Waals surface area contributed by atoms with Gasteiger partial charge in [-0.3, -0.25) is 30.1 Å². The number of imide groups is 1. The molecule has 1 heterocycles. The number of hydrogen-bond acceptors (Lipinski definition) is 5. The quantitative estimate of drug-likeness (QED) is 0.346. The van der Waals surface area contributed by atoms with E-state index in [0.29, 0.717) is 6.61 Å². The highest BCUT2D eigenvalue weighted by Gasteiger charge is 2.47. The summed E-state index contributed by atoms with van der Waals surface area (Å²) >= 11 is 5.05. The van der Waals surface area contributed by atoms with E-state index in [0.717, 1.165) is 25.7 Å². The summed E-state index contributed by atoms with van der Waals surface area (Å²) < 4.78 is 4.98. The molecule has 2 aliphatic rings. The van der Waals surface area contributed by atoms with Crippen molar-refractivity contribution >= 4 is 35.1 Å². The van der Waals surface area contributed by atoms with Crippen molar-refractivity contribution in [2.24, 2.45) is 11.8 Å².